The molecule has 1 aromatic heterocycles. The first kappa shape index (κ1) is 14.5. The average Bonchev–Trinajstić information content (AvgIpc) is 2.92. The van der Waals surface area contributed by atoms with Crippen LogP contribution in [0.5, 0.6) is 0 Å². The van der Waals surface area contributed by atoms with Gasteiger partial charge in [0.15, 0.2) is 0 Å². The first-order valence-corrected chi connectivity index (χ1v) is 7.41. The van der Waals surface area contributed by atoms with Crippen molar-refractivity contribution < 1.29 is 0 Å². The lowest BCUT2D eigenvalue weighted by atomic mass is 10.2. The van der Waals surface area contributed by atoms with Gasteiger partial charge < -0.3 is 10.6 Å². The van der Waals surface area contributed by atoms with Crippen LogP contribution in [0.3, 0.4) is 0 Å². The Balaban J connectivity index is 2.06. The molecule has 0 bridgehead atoms. The minimum atomic E-state index is 0.0505. The standard InChI is InChI=1S/C10H6Cl3N7S/c1-14-9-16-8(13)17-10(18-9)15-5-3(11)2-4(12)6-7(5)20-21-19-6/h2H,1H3,(H2,14,15,16,17,18). The summed E-state index contributed by atoms with van der Waals surface area (Å²) in [6.07, 6.45) is 0. The molecular weight excluding hydrogens is 357 g/mol. The topological polar surface area (TPSA) is 87.5 Å². The van der Waals surface area contributed by atoms with Gasteiger partial charge in [-0.25, -0.2) is 0 Å². The van der Waals surface area contributed by atoms with E-state index in [0.717, 1.165) is 11.4 Å². The molecule has 0 fully saturated rings. The summed E-state index contributed by atoms with van der Waals surface area (Å²) in [5.41, 5.74) is 1.61. The summed E-state index contributed by atoms with van der Waals surface area (Å²) in [7, 11) is 1.67. The lowest BCUT2D eigenvalue weighted by molar-refractivity contribution is 1.05. The number of halogens is 3. The van der Waals surface area contributed by atoms with Crippen LogP contribution in [0.2, 0.25) is 15.3 Å². The van der Waals surface area contributed by atoms with Gasteiger partial charge in [0, 0.05) is 7.05 Å². The van der Waals surface area contributed by atoms with E-state index in [1.54, 1.807) is 13.1 Å². The summed E-state index contributed by atoms with van der Waals surface area (Å²) in [5.74, 6) is 0.563. The maximum absolute atomic E-state index is 6.20. The van der Waals surface area contributed by atoms with E-state index < -0.39 is 0 Å². The second-order valence-corrected chi connectivity index (χ2v) is 5.48. The predicted octanol–water partition coefficient (Wildman–Crippen LogP) is 4.34. The molecular formula is C10H6Cl3N7S. The molecule has 21 heavy (non-hydrogen) atoms. The molecule has 3 rings (SSSR count). The molecule has 7 nitrogen and oxygen atoms in total. The molecule has 0 unspecified atom stereocenters. The molecule has 0 spiro atoms. The van der Waals surface area contributed by atoms with Crippen molar-refractivity contribution >= 4 is 75.1 Å². The van der Waals surface area contributed by atoms with E-state index in [1.165, 1.54) is 0 Å². The van der Waals surface area contributed by atoms with E-state index in [9.17, 15) is 0 Å². The summed E-state index contributed by atoms with van der Waals surface area (Å²) in [6.45, 7) is 0. The van der Waals surface area contributed by atoms with Gasteiger partial charge in [-0.15, -0.1) is 0 Å². The van der Waals surface area contributed by atoms with E-state index in [2.05, 4.69) is 34.3 Å². The van der Waals surface area contributed by atoms with Gasteiger partial charge in [0.2, 0.25) is 17.2 Å². The fourth-order valence-electron chi connectivity index (χ4n) is 1.62. The molecule has 0 radical (unpaired) electrons. The minimum Gasteiger partial charge on any atom is -0.357 e. The highest BCUT2D eigenvalue weighted by molar-refractivity contribution is 7.58. The zero-order valence-corrected chi connectivity index (χ0v) is 13.4. The molecule has 108 valence electrons. The predicted molar refractivity (Wildman–Crippen MR) is 85.7 cm³/mol. The third kappa shape index (κ3) is 2.80. The van der Waals surface area contributed by atoms with E-state index in [1.807, 2.05) is 0 Å². The number of nitrogens with zero attached hydrogens (tertiary/aromatic N) is 5. The summed E-state index contributed by atoms with van der Waals surface area (Å²) in [6, 6.07) is 1.58. The van der Waals surface area contributed by atoms with Gasteiger partial charge in [0.05, 0.1) is 27.1 Å². The van der Waals surface area contributed by atoms with Crippen LogP contribution in [0.1, 0.15) is 0 Å². The van der Waals surface area contributed by atoms with Crippen molar-refractivity contribution in [3.05, 3.63) is 21.4 Å². The Morgan fingerprint density at radius 2 is 1.67 bits per heavy atom. The molecule has 11 heteroatoms. The second kappa shape index (κ2) is 5.72. The van der Waals surface area contributed by atoms with Crippen molar-refractivity contribution in [2.24, 2.45) is 8.73 Å². The van der Waals surface area contributed by atoms with Crippen LogP contribution in [-0.4, -0.2) is 22.0 Å². The largest absolute Gasteiger partial charge is 0.357 e. The Morgan fingerprint density at radius 1 is 0.952 bits per heavy atom. The van der Waals surface area contributed by atoms with Crippen LogP contribution >= 0.6 is 34.8 Å². The molecule has 2 aromatic rings. The van der Waals surface area contributed by atoms with Gasteiger partial charge in [0.1, 0.15) is 11.4 Å². The van der Waals surface area contributed by atoms with Crippen LogP contribution in [0.25, 0.3) is 0 Å². The SMILES string of the molecule is CNc1nc(Cl)nc(Nc2c(Cl)cc(Cl)c3c2N=S=N3)n1. The number of anilines is 3. The minimum absolute atomic E-state index is 0.0505. The van der Waals surface area contributed by atoms with E-state index in [0.29, 0.717) is 33.1 Å². The van der Waals surface area contributed by atoms with Gasteiger partial charge in [-0.1, -0.05) is 23.2 Å². The Kier molecular flexibility index (Phi) is 3.94. The fourth-order valence-corrected chi connectivity index (χ4v) is 2.94. The first-order chi connectivity index (χ1) is 10.1. The Hall–Kier alpha value is -1.48. The molecule has 0 saturated carbocycles. The van der Waals surface area contributed by atoms with E-state index >= 15 is 0 Å². The van der Waals surface area contributed by atoms with Crippen molar-refractivity contribution in [1.82, 2.24) is 15.0 Å². The van der Waals surface area contributed by atoms with Crippen LogP contribution in [-0.2, 0) is 11.4 Å². The average molecular weight is 363 g/mol. The van der Waals surface area contributed by atoms with E-state index in [-0.39, 0.29) is 11.2 Å². The summed E-state index contributed by atoms with van der Waals surface area (Å²) < 4.78 is 8.30. The first-order valence-electron chi connectivity index (χ1n) is 5.55. The highest BCUT2D eigenvalue weighted by Crippen LogP contribution is 2.48. The molecule has 1 aliphatic rings. The van der Waals surface area contributed by atoms with Gasteiger partial charge >= 0.3 is 0 Å². The summed E-state index contributed by atoms with van der Waals surface area (Å²) in [5, 5.41) is 6.61. The van der Waals surface area contributed by atoms with Crippen LogP contribution < -0.4 is 10.6 Å². The summed E-state index contributed by atoms with van der Waals surface area (Å²) in [4.78, 5) is 12.0. The number of aromatic nitrogens is 3. The molecule has 2 N–H and O–H groups in total. The third-order valence-electron chi connectivity index (χ3n) is 2.51. The Bertz CT molecular complexity index is 804. The van der Waals surface area contributed by atoms with Crippen LogP contribution in [0.4, 0.5) is 29.0 Å². The van der Waals surface area contributed by atoms with Gasteiger partial charge in [-0.2, -0.15) is 23.7 Å². The molecule has 0 atom stereocenters. The lowest BCUT2D eigenvalue weighted by Gasteiger charge is -2.11. The highest BCUT2D eigenvalue weighted by Gasteiger charge is 2.19. The van der Waals surface area contributed by atoms with Crippen molar-refractivity contribution in [2.45, 2.75) is 0 Å². The summed E-state index contributed by atoms with van der Waals surface area (Å²) >= 11 is 19.1. The number of hydrogen-bond donors (Lipinski definition) is 2. The van der Waals surface area contributed by atoms with Crippen LogP contribution in [0, 0.1) is 0 Å². The monoisotopic (exact) mass is 361 g/mol. The third-order valence-corrected chi connectivity index (χ3v) is 3.80. The normalized spacial score (nSPS) is 12.0. The van der Waals surface area contributed by atoms with E-state index in [4.69, 9.17) is 34.8 Å². The number of fused-ring (bicyclic) bond motifs is 1. The molecule has 2 heterocycles. The zero-order valence-electron chi connectivity index (χ0n) is 10.4. The molecule has 0 aliphatic carbocycles. The van der Waals surface area contributed by atoms with Crippen molar-refractivity contribution in [3.63, 3.8) is 0 Å². The number of rotatable bonds is 3. The molecule has 0 saturated heterocycles. The van der Waals surface area contributed by atoms with Crippen molar-refractivity contribution in [3.8, 4) is 0 Å². The number of hydrogen-bond acceptors (Lipinski definition) is 7. The highest BCUT2D eigenvalue weighted by atomic mass is 35.5. The van der Waals surface area contributed by atoms with Gasteiger partial charge in [-0.05, 0) is 17.7 Å². The van der Waals surface area contributed by atoms with Gasteiger partial charge in [0.25, 0.3) is 0 Å². The zero-order chi connectivity index (χ0) is 15.0. The van der Waals surface area contributed by atoms with Crippen molar-refractivity contribution in [1.29, 1.82) is 0 Å². The van der Waals surface area contributed by atoms with Crippen molar-refractivity contribution in [2.75, 3.05) is 17.7 Å². The number of nitrogens with one attached hydrogen (secondary N) is 2. The molecule has 1 aliphatic heterocycles. The van der Waals surface area contributed by atoms with Gasteiger partial charge in [-0.3, -0.25) is 0 Å². The maximum atomic E-state index is 6.20. The fraction of sp³-hybridized carbons (Fsp3) is 0.100. The molecule has 0 amide bonds. The quantitative estimate of drug-likeness (QED) is 0.723. The molecule has 1 aromatic carbocycles. The Morgan fingerprint density at radius 3 is 2.43 bits per heavy atom. The number of benzene rings is 1. The van der Waals surface area contributed by atoms with Crippen LogP contribution in [0.15, 0.2) is 14.8 Å². The second-order valence-electron chi connectivity index (χ2n) is 3.80. The smallest absolute Gasteiger partial charge is 0.233 e. The Labute approximate surface area is 138 Å². The lowest BCUT2D eigenvalue weighted by Crippen LogP contribution is -2.04. The maximum Gasteiger partial charge on any atom is 0.233 e.